The third-order valence-electron chi connectivity index (χ3n) is 6.42. The van der Waals surface area contributed by atoms with E-state index in [9.17, 15) is 22.0 Å². The van der Waals surface area contributed by atoms with Gasteiger partial charge in [0.15, 0.2) is 14.6 Å². The lowest BCUT2D eigenvalue weighted by molar-refractivity contribution is 0.102. The van der Waals surface area contributed by atoms with Crippen LogP contribution in [0.1, 0.15) is 41.4 Å². The van der Waals surface area contributed by atoms with Crippen LogP contribution in [0.3, 0.4) is 0 Å². The summed E-state index contributed by atoms with van der Waals surface area (Å²) in [6.45, 7) is 1.96. The molecule has 7 nitrogen and oxygen atoms in total. The molecule has 3 heterocycles. The average Bonchev–Trinajstić information content (AvgIpc) is 2.92. The fourth-order valence-electron chi connectivity index (χ4n) is 4.62. The van der Waals surface area contributed by atoms with Gasteiger partial charge in [-0.3, -0.25) is 9.79 Å². The lowest BCUT2D eigenvalue weighted by Crippen LogP contribution is -2.58. The monoisotopic (exact) mass is 482 g/mol. The molecule has 0 radical (unpaired) electrons. The maximum absolute atomic E-state index is 14.9. The molecule has 32 heavy (non-hydrogen) atoms. The number of anilines is 1. The molecule has 0 saturated carbocycles. The Morgan fingerprint density at radius 1 is 1.38 bits per heavy atom. The van der Waals surface area contributed by atoms with Gasteiger partial charge in [0, 0.05) is 17.4 Å². The number of rotatable bonds is 4. The Kier molecular flexibility index (Phi) is 5.28. The van der Waals surface area contributed by atoms with Crippen LogP contribution < -0.4 is 11.1 Å². The van der Waals surface area contributed by atoms with Crippen molar-refractivity contribution in [2.45, 2.75) is 42.2 Å². The first kappa shape index (κ1) is 22.6. The second-order valence-corrected chi connectivity index (χ2v) is 11.2. The van der Waals surface area contributed by atoms with Crippen LogP contribution in [0.5, 0.6) is 0 Å². The van der Waals surface area contributed by atoms with E-state index in [1.54, 1.807) is 13.0 Å². The van der Waals surface area contributed by atoms with E-state index in [1.807, 2.05) is 0 Å². The van der Waals surface area contributed by atoms with Gasteiger partial charge in [0.1, 0.15) is 29.6 Å². The highest BCUT2D eigenvalue weighted by molar-refractivity contribution is 7.94. The summed E-state index contributed by atoms with van der Waals surface area (Å²) < 4.78 is 53.1. The first-order valence-electron chi connectivity index (χ1n) is 9.85. The number of halogens is 3. The number of carbonyl (C=O) groups is 1. The van der Waals surface area contributed by atoms with Crippen LogP contribution in [0, 0.1) is 12.7 Å². The standard InChI is InChI=1S/C21H21ClF2N4O3S/c1-11-7-12(22)9-26-17(11)18(29)27-13-3-4-15(24)14(8-13)20(2)16-5-6-21(10-23,19(25)28-20)32(16,30)31/h3-4,7-9,16H,5-6,10H2,1-2H3,(H2,25,28)(H,27,29)/t16?,20-,21+/m1/s1. The largest absolute Gasteiger partial charge is 0.386 e. The lowest BCUT2D eigenvalue weighted by atomic mass is 9.86. The van der Waals surface area contributed by atoms with Crippen molar-refractivity contribution in [3.63, 3.8) is 0 Å². The summed E-state index contributed by atoms with van der Waals surface area (Å²) in [5.74, 6) is -1.61. The lowest BCUT2D eigenvalue weighted by Gasteiger charge is -2.39. The van der Waals surface area contributed by atoms with E-state index in [4.69, 9.17) is 17.3 Å². The minimum absolute atomic E-state index is 0.0129. The van der Waals surface area contributed by atoms with E-state index in [-0.39, 0.29) is 35.6 Å². The molecule has 1 aromatic carbocycles. The van der Waals surface area contributed by atoms with Gasteiger partial charge in [-0.25, -0.2) is 22.2 Å². The van der Waals surface area contributed by atoms with E-state index >= 15 is 0 Å². The van der Waals surface area contributed by atoms with Crippen molar-refractivity contribution in [3.8, 4) is 0 Å². The smallest absolute Gasteiger partial charge is 0.274 e. The first-order valence-corrected chi connectivity index (χ1v) is 11.8. The number of sulfone groups is 1. The molecule has 1 amide bonds. The summed E-state index contributed by atoms with van der Waals surface area (Å²) in [4.78, 5) is 21.0. The molecule has 2 aromatic rings. The Hall–Kier alpha value is -2.59. The summed E-state index contributed by atoms with van der Waals surface area (Å²) in [5, 5.41) is 1.88. The highest BCUT2D eigenvalue weighted by Crippen LogP contribution is 2.52. The van der Waals surface area contributed by atoms with Gasteiger partial charge in [0.05, 0.1) is 10.3 Å². The van der Waals surface area contributed by atoms with E-state index in [0.717, 1.165) is 6.07 Å². The number of fused-ring (bicyclic) bond motifs is 2. The highest BCUT2D eigenvalue weighted by Gasteiger charge is 2.65. The Balaban J connectivity index is 1.75. The minimum atomic E-state index is -4.06. The molecule has 2 bridgehead atoms. The number of alkyl halides is 1. The summed E-state index contributed by atoms with van der Waals surface area (Å²) in [5.41, 5.74) is 5.22. The molecule has 3 N–H and O–H groups in total. The Bertz CT molecular complexity index is 1270. The number of nitrogens with zero attached hydrogens (tertiary/aromatic N) is 2. The van der Waals surface area contributed by atoms with E-state index in [2.05, 4.69) is 15.3 Å². The van der Waals surface area contributed by atoms with Crippen molar-refractivity contribution in [3.05, 3.63) is 58.1 Å². The maximum Gasteiger partial charge on any atom is 0.274 e. The third-order valence-corrected chi connectivity index (χ3v) is 9.68. The molecule has 3 atom stereocenters. The van der Waals surface area contributed by atoms with Crippen molar-refractivity contribution in [2.24, 2.45) is 10.7 Å². The predicted octanol–water partition coefficient (Wildman–Crippen LogP) is 3.31. The second-order valence-electron chi connectivity index (χ2n) is 8.31. The van der Waals surface area contributed by atoms with Crippen molar-refractivity contribution in [2.75, 3.05) is 12.0 Å². The van der Waals surface area contributed by atoms with Crippen molar-refractivity contribution >= 4 is 38.9 Å². The summed E-state index contributed by atoms with van der Waals surface area (Å²) in [7, 11) is -4.06. The molecule has 4 rings (SSSR count). The third kappa shape index (κ3) is 3.11. The number of carbonyl (C=O) groups excluding carboxylic acids is 1. The molecular formula is C21H21ClF2N4O3S. The molecular weight excluding hydrogens is 462 g/mol. The molecule has 0 spiro atoms. The molecule has 0 aliphatic carbocycles. The normalized spacial score (nSPS) is 28.3. The number of aromatic nitrogens is 1. The van der Waals surface area contributed by atoms with Gasteiger partial charge >= 0.3 is 0 Å². The van der Waals surface area contributed by atoms with Gasteiger partial charge in [-0.05, 0) is 56.5 Å². The maximum atomic E-state index is 14.9. The van der Waals surface area contributed by atoms with Crippen LogP contribution in [-0.4, -0.2) is 41.8 Å². The number of aliphatic imine (C=N–C) groups is 1. The fraction of sp³-hybridized carbons (Fsp3) is 0.381. The number of pyridine rings is 1. The fourth-order valence-corrected chi connectivity index (χ4v) is 7.48. The molecule has 170 valence electrons. The quantitative estimate of drug-likeness (QED) is 0.693. The number of amidine groups is 1. The number of benzene rings is 1. The van der Waals surface area contributed by atoms with Crippen molar-refractivity contribution in [1.29, 1.82) is 0 Å². The highest BCUT2D eigenvalue weighted by atomic mass is 35.5. The number of amides is 1. The average molecular weight is 483 g/mol. The molecule has 1 aromatic heterocycles. The number of hydrogen-bond donors (Lipinski definition) is 2. The second kappa shape index (κ2) is 7.48. The van der Waals surface area contributed by atoms with Gasteiger partial charge in [0.25, 0.3) is 5.91 Å². The van der Waals surface area contributed by atoms with Crippen LogP contribution in [0.2, 0.25) is 5.02 Å². The van der Waals surface area contributed by atoms with E-state index in [0.29, 0.717) is 10.6 Å². The molecule has 1 fully saturated rings. The molecule has 1 unspecified atom stereocenters. The zero-order valence-corrected chi connectivity index (χ0v) is 18.9. The molecule has 1 saturated heterocycles. The molecule has 2 aliphatic rings. The van der Waals surface area contributed by atoms with Crippen LogP contribution in [0.4, 0.5) is 14.5 Å². The van der Waals surface area contributed by atoms with Gasteiger partial charge < -0.3 is 11.1 Å². The number of hydrogen-bond acceptors (Lipinski definition) is 6. The van der Waals surface area contributed by atoms with E-state index < -0.39 is 43.8 Å². The number of nitrogens with two attached hydrogens (primary N) is 1. The van der Waals surface area contributed by atoms with Crippen LogP contribution in [0.15, 0.2) is 35.5 Å². The molecule has 11 heteroatoms. The van der Waals surface area contributed by atoms with Crippen LogP contribution >= 0.6 is 11.6 Å². The Labute approximate surface area is 189 Å². The van der Waals surface area contributed by atoms with Crippen molar-refractivity contribution < 1.29 is 22.0 Å². The zero-order chi connectivity index (χ0) is 23.5. The van der Waals surface area contributed by atoms with Gasteiger partial charge in [-0.2, -0.15) is 0 Å². The zero-order valence-electron chi connectivity index (χ0n) is 17.3. The van der Waals surface area contributed by atoms with Gasteiger partial charge in [0.2, 0.25) is 0 Å². The van der Waals surface area contributed by atoms with Gasteiger partial charge in [-0.15, -0.1) is 0 Å². The molecule has 2 aliphatic heterocycles. The minimum Gasteiger partial charge on any atom is -0.386 e. The number of aryl methyl sites for hydroxylation is 1. The topological polar surface area (TPSA) is 115 Å². The predicted molar refractivity (Wildman–Crippen MR) is 118 cm³/mol. The summed E-state index contributed by atoms with van der Waals surface area (Å²) >= 11 is 5.88. The summed E-state index contributed by atoms with van der Waals surface area (Å²) in [6.07, 6.45) is 1.42. The Morgan fingerprint density at radius 3 is 2.75 bits per heavy atom. The van der Waals surface area contributed by atoms with E-state index in [1.165, 1.54) is 25.3 Å². The number of nitrogens with one attached hydrogen (secondary N) is 1. The van der Waals surface area contributed by atoms with Gasteiger partial charge in [-0.1, -0.05) is 11.6 Å². The first-order chi connectivity index (χ1) is 15.0. The Morgan fingerprint density at radius 2 is 2.09 bits per heavy atom. The summed E-state index contributed by atoms with van der Waals surface area (Å²) in [6, 6.07) is 5.37. The SMILES string of the molecule is Cc1cc(Cl)cnc1C(=O)Nc1ccc(F)c([C@@]2(C)N=C(N)[C@@]3(CF)CCC2S3(=O)=O)c1. The van der Waals surface area contributed by atoms with Crippen molar-refractivity contribution in [1.82, 2.24) is 4.98 Å². The van der Waals surface area contributed by atoms with Crippen LogP contribution in [0.25, 0.3) is 0 Å². The van der Waals surface area contributed by atoms with Crippen LogP contribution in [-0.2, 0) is 15.4 Å².